The smallest absolute Gasteiger partial charge is 0.220 e. The van der Waals surface area contributed by atoms with Crippen molar-refractivity contribution in [2.24, 2.45) is 0 Å². The van der Waals surface area contributed by atoms with Gasteiger partial charge in [-0.25, -0.2) is 19.3 Å². The van der Waals surface area contributed by atoms with E-state index < -0.39 is 0 Å². The summed E-state index contributed by atoms with van der Waals surface area (Å²) < 4.78 is 13.8. The highest BCUT2D eigenvalue weighted by molar-refractivity contribution is 7.18. The summed E-state index contributed by atoms with van der Waals surface area (Å²) in [6.45, 7) is 2.97. The summed E-state index contributed by atoms with van der Waals surface area (Å²) in [7, 11) is 0. The Morgan fingerprint density at radius 1 is 1.25 bits per heavy atom. The maximum atomic E-state index is 13.8. The number of rotatable bonds is 6. The molecule has 0 aliphatic carbocycles. The second kappa shape index (κ2) is 7.35. The zero-order chi connectivity index (χ0) is 16.9. The Balaban J connectivity index is 1.86. The molecular weight excluding hydrogens is 325 g/mol. The topological polar surface area (TPSA) is 76.7 Å². The standard InChI is InChI=1S/C17H18FN5S/c1-2-7-20-17-21-10-15(24-17)14-9-12(22-16(19)23-14)8-11-5-3-4-6-13(11)18/h3-6,9-10H,2,7-8H2,1H3,(H,20,21)(H2,19,22,23). The molecule has 7 heteroatoms. The lowest BCUT2D eigenvalue weighted by molar-refractivity contribution is 0.613. The predicted molar refractivity (Wildman–Crippen MR) is 95.5 cm³/mol. The van der Waals surface area contributed by atoms with Crippen molar-refractivity contribution >= 4 is 22.4 Å². The summed E-state index contributed by atoms with van der Waals surface area (Å²) >= 11 is 1.51. The fourth-order valence-electron chi connectivity index (χ4n) is 2.28. The van der Waals surface area contributed by atoms with E-state index in [4.69, 9.17) is 5.73 Å². The number of nitrogen functional groups attached to an aromatic ring is 1. The average molecular weight is 343 g/mol. The fraction of sp³-hybridized carbons (Fsp3) is 0.235. The van der Waals surface area contributed by atoms with E-state index in [1.165, 1.54) is 17.4 Å². The summed E-state index contributed by atoms with van der Waals surface area (Å²) in [4.78, 5) is 13.7. The molecule has 0 unspecified atom stereocenters. The van der Waals surface area contributed by atoms with Crippen LogP contribution in [0.4, 0.5) is 15.5 Å². The summed E-state index contributed by atoms with van der Waals surface area (Å²) in [5, 5.41) is 4.09. The highest BCUT2D eigenvalue weighted by Crippen LogP contribution is 2.28. The number of hydrogen-bond donors (Lipinski definition) is 2. The van der Waals surface area contributed by atoms with Gasteiger partial charge in [0.05, 0.1) is 16.3 Å². The number of aromatic nitrogens is 3. The van der Waals surface area contributed by atoms with E-state index in [1.54, 1.807) is 24.4 Å². The molecule has 5 nitrogen and oxygen atoms in total. The van der Waals surface area contributed by atoms with Gasteiger partial charge in [-0.1, -0.05) is 36.5 Å². The largest absolute Gasteiger partial charge is 0.368 e. The fourth-order valence-corrected chi connectivity index (χ4v) is 3.08. The van der Waals surface area contributed by atoms with Crippen molar-refractivity contribution in [3.05, 3.63) is 53.6 Å². The highest BCUT2D eigenvalue weighted by atomic mass is 32.1. The minimum absolute atomic E-state index is 0.176. The number of benzene rings is 1. The zero-order valence-electron chi connectivity index (χ0n) is 13.3. The molecule has 0 saturated carbocycles. The molecule has 3 N–H and O–H groups in total. The first-order chi connectivity index (χ1) is 11.7. The van der Waals surface area contributed by atoms with Crippen molar-refractivity contribution in [1.29, 1.82) is 0 Å². The first-order valence-electron chi connectivity index (χ1n) is 7.72. The van der Waals surface area contributed by atoms with Crippen molar-refractivity contribution in [3.63, 3.8) is 0 Å². The van der Waals surface area contributed by atoms with Crippen LogP contribution in [0.1, 0.15) is 24.6 Å². The van der Waals surface area contributed by atoms with E-state index in [0.717, 1.165) is 23.0 Å². The molecule has 3 aromatic rings. The molecule has 0 atom stereocenters. The van der Waals surface area contributed by atoms with Gasteiger partial charge in [0.1, 0.15) is 5.82 Å². The number of nitrogens with two attached hydrogens (primary N) is 1. The lowest BCUT2D eigenvalue weighted by atomic mass is 10.1. The van der Waals surface area contributed by atoms with Crippen LogP contribution in [0.3, 0.4) is 0 Å². The molecule has 0 aliphatic heterocycles. The Kier molecular flexibility index (Phi) is 5.00. The minimum Gasteiger partial charge on any atom is -0.368 e. The molecule has 0 fully saturated rings. The third-order valence-corrected chi connectivity index (χ3v) is 4.39. The van der Waals surface area contributed by atoms with E-state index in [-0.39, 0.29) is 11.8 Å². The SMILES string of the molecule is CCCNc1ncc(-c2cc(Cc3ccccc3F)nc(N)n2)s1. The molecular formula is C17H18FN5S. The monoisotopic (exact) mass is 343 g/mol. The van der Waals surface area contributed by atoms with Crippen molar-refractivity contribution in [2.75, 3.05) is 17.6 Å². The maximum Gasteiger partial charge on any atom is 0.220 e. The van der Waals surface area contributed by atoms with Gasteiger partial charge < -0.3 is 11.1 Å². The van der Waals surface area contributed by atoms with Crippen LogP contribution >= 0.6 is 11.3 Å². The third kappa shape index (κ3) is 3.86. The molecule has 0 amide bonds. The molecule has 3 rings (SSSR count). The van der Waals surface area contributed by atoms with Crippen molar-refractivity contribution in [2.45, 2.75) is 19.8 Å². The van der Waals surface area contributed by atoms with Gasteiger partial charge in [0.2, 0.25) is 5.95 Å². The molecule has 0 spiro atoms. The third-order valence-electron chi connectivity index (χ3n) is 3.41. The van der Waals surface area contributed by atoms with E-state index >= 15 is 0 Å². The second-order valence-corrected chi connectivity index (χ2v) is 6.36. The molecule has 2 aromatic heterocycles. The van der Waals surface area contributed by atoms with Crippen LogP contribution < -0.4 is 11.1 Å². The van der Waals surface area contributed by atoms with Crippen LogP contribution in [0.5, 0.6) is 0 Å². The molecule has 1 aromatic carbocycles. The Hall–Kier alpha value is -2.54. The first kappa shape index (κ1) is 16.3. The zero-order valence-corrected chi connectivity index (χ0v) is 14.1. The summed E-state index contributed by atoms with van der Waals surface area (Å²) in [6.07, 6.45) is 3.16. The van der Waals surface area contributed by atoms with E-state index in [9.17, 15) is 4.39 Å². The van der Waals surface area contributed by atoms with Crippen molar-refractivity contribution < 1.29 is 4.39 Å². The molecule has 0 bridgehead atoms. The van der Waals surface area contributed by atoms with Crippen molar-refractivity contribution in [3.8, 4) is 10.6 Å². The van der Waals surface area contributed by atoms with Crippen LogP contribution in [-0.4, -0.2) is 21.5 Å². The van der Waals surface area contributed by atoms with Gasteiger partial charge in [0.25, 0.3) is 0 Å². The van der Waals surface area contributed by atoms with Crippen LogP contribution in [0.25, 0.3) is 10.6 Å². The van der Waals surface area contributed by atoms with E-state index in [1.807, 2.05) is 6.07 Å². The summed E-state index contributed by atoms with van der Waals surface area (Å²) in [6, 6.07) is 8.49. The number of halogens is 1. The van der Waals surface area contributed by atoms with Crippen LogP contribution in [0.15, 0.2) is 36.5 Å². The maximum absolute atomic E-state index is 13.8. The number of anilines is 2. The van der Waals surface area contributed by atoms with Gasteiger partial charge in [0, 0.05) is 19.2 Å². The molecule has 124 valence electrons. The highest BCUT2D eigenvalue weighted by Gasteiger charge is 2.11. The van der Waals surface area contributed by atoms with E-state index in [0.29, 0.717) is 23.4 Å². The van der Waals surface area contributed by atoms with Gasteiger partial charge >= 0.3 is 0 Å². The Morgan fingerprint density at radius 2 is 2.08 bits per heavy atom. The Bertz CT molecular complexity index is 833. The lowest BCUT2D eigenvalue weighted by Crippen LogP contribution is -2.02. The predicted octanol–water partition coefficient (Wildman–Crippen LogP) is 3.73. The molecule has 0 aliphatic rings. The van der Waals surface area contributed by atoms with Crippen LogP contribution in [-0.2, 0) is 6.42 Å². The van der Waals surface area contributed by atoms with Gasteiger partial charge in [0.15, 0.2) is 5.13 Å². The van der Waals surface area contributed by atoms with Gasteiger partial charge in [-0.3, -0.25) is 0 Å². The Morgan fingerprint density at radius 3 is 2.88 bits per heavy atom. The number of nitrogens with one attached hydrogen (secondary N) is 1. The van der Waals surface area contributed by atoms with Crippen LogP contribution in [0.2, 0.25) is 0 Å². The molecule has 24 heavy (non-hydrogen) atoms. The summed E-state index contributed by atoms with van der Waals surface area (Å²) in [5.74, 6) is -0.0737. The number of hydrogen-bond acceptors (Lipinski definition) is 6. The van der Waals surface area contributed by atoms with Gasteiger partial charge in [-0.15, -0.1) is 0 Å². The van der Waals surface area contributed by atoms with Crippen LogP contribution in [0, 0.1) is 5.82 Å². The van der Waals surface area contributed by atoms with Crippen molar-refractivity contribution in [1.82, 2.24) is 15.0 Å². The second-order valence-electron chi connectivity index (χ2n) is 5.33. The first-order valence-corrected chi connectivity index (χ1v) is 8.54. The van der Waals surface area contributed by atoms with E-state index in [2.05, 4.69) is 27.2 Å². The van der Waals surface area contributed by atoms with Gasteiger partial charge in [-0.2, -0.15) is 0 Å². The number of thiazole rings is 1. The Labute approximate surface area is 143 Å². The average Bonchev–Trinajstić information content (AvgIpc) is 3.03. The molecule has 0 radical (unpaired) electrons. The lowest BCUT2D eigenvalue weighted by Gasteiger charge is -2.05. The normalized spacial score (nSPS) is 10.8. The van der Waals surface area contributed by atoms with Gasteiger partial charge in [-0.05, 0) is 24.1 Å². The minimum atomic E-state index is -0.250. The molecule has 0 saturated heterocycles. The summed E-state index contributed by atoms with van der Waals surface area (Å²) in [5.41, 5.74) is 7.79. The molecule has 2 heterocycles. The number of nitrogens with zero attached hydrogens (tertiary/aromatic N) is 3. The quantitative estimate of drug-likeness (QED) is 0.713.